The van der Waals surface area contributed by atoms with Gasteiger partial charge in [-0.15, -0.1) is 0 Å². The second-order valence-electron chi connectivity index (χ2n) is 12.7. The second-order valence-corrected chi connectivity index (χ2v) is 14.6. The number of hydrogen-bond acceptors (Lipinski definition) is 10. The van der Waals surface area contributed by atoms with Crippen molar-refractivity contribution in [2.45, 2.75) is 63.0 Å². The Labute approximate surface area is 281 Å². The van der Waals surface area contributed by atoms with E-state index in [1.54, 1.807) is 20.1 Å². The Bertz CT molecular complexity index is 1680. The molecule has 4 N–H and O–H groups in total. The first-order valence-corrected chi connectivity index (χ1v) is 17.7. The molecule has 3 heterocycles. The predicted molar refractivity (Wildman–Crippen MR) is 180 cm³/mol. The molecule has 1 amide bonds. The maximum atomic E-state index is 14.2. The zero-order valence-corrected chi connectivity index (χ0v) is 28.6. The second kappa shape index (κ2) is 15.8. The quantitative estimate of drug-likeness (QED) is 0.138. The summed E-state index contributed by atoms with van der Waals surface area (Å²) in [6, 6.07) is 13.0. The van der Waals surface area contributed by atoms with Crippen LogP contribution in [0, 0.1) is 11.8 Å². The summed E-state index contributed by atoms with van der Waals surface area (Å²) < 4.78 is 51.6. The minimum Gasteiger partial charge on any atom is -0.494 e. The zero-order valence-electron chi connectivity index (χ0n) is 27.8. The van der Waals surface area contributed by atoms with Crippen LogP contribution in [0.5, 0.6) is 5.88 Å². The number of aromatic nitrogens is 1. The number of amides is 1. The van der Waals surface area contributed by atoms with Gasteiger partial charge in [0.2, 0.25) is 10.0 Å². The summed E-state index contributed by atoms with van der Waals surface area (Å²) in [5, 5.41) is 25.6. The number of methoxy groups -OCH3 is 1. The van der Waals surface area contributed by atoms with E-state index in [1.807, 2.05) is 44.2 Å². The number of aliphatic hydroxyl groups excluding tert-OH is 1. The van der Waals surface area contributed by atoms with Crippen molar-refractivity contribution < 1.29 is 42.4 Å². The lowest BCUT2D eigenvalue weighted by Gasteiger charge is -2.31. The molecular weight excluding hydrogens is 640 g/mol. The number of H-pyrrole nitrogens is 1. The number of aromatic hydroxyl groups is 1. The number of rotatable bonds is 15. The molecule has 2 aromatic carbocycles. The van der Waals surface area contributed by atoms with E-state index in [-0.39, 0.29) is 55.0 Å². The summed E-state index contributed by atoms with van der Waals surface area (Å²) in [4.78, 5) is 20.5. The average molecular weight is 687 g/mol. The van der Waals surface area contributed by atoms with E-state index in [1.165, 1.54) is 16.4 Å². The maximum Gasteiger partial charge on any atom is 0.407 e. The van der Waals surface area contributed by atoms with Crippen molar-refractivity contribution in [3.63, 3.8) is 0 Å². The molecule has 13 nitrogen and oxygen atoms in total. The standard InChI is InChI=1S/C34H46N4O9S/c1-21(2)18-38(48(42,43)24-10-11-27-26(17-24)31(32(40)36-27)22(3)35-13-15-44-4)19-29(39)28(16-23-8-6-5-7-9-23)37-34(41)47-30-20-46-33-25(30)12-14-45-33/h5-11,17,21,25,28-30,33,36,39-40H,12-16,18-20H2,1-4H3,(H,37,41). The van der Waals surface area contributed by atoms with Crippen molar-refractivity contribution >= 4 is 32.7 Å². The Hall–Kier alpha value is -3.53. The van der Waals surface area contributed by atoms with Gasteiger partial charge >= 0.3 is 6.09 Å². The highest BCUT2D eigenvalue weighted by atomic mass is 32.2. The summed E-state index contributed by atoms with van der Waals surface area (Å²) in [5.74, 6) is -0.248. The number of aliphatic hydroxyl groups is 1. The third-order valence-electron chi connectivity index (χ3n) is 8.66. The van der Waals surface area contributed by atoms with Crippen LogP contribution in [-0.4, -0.2) is 111 Å². The number of sulfonamides is 1. The fourth-order valence-corrected chi connectivity index (χ4v) is 7.90. The molecule has 1 aromatic heterocycles. The van der Waals surface area contributed by atoms with Gasteiger partial charge in [0.15, 0.2) is 12.2 Å². The van der Waals surface area contributed by atoms with Crippen molar-refractivity contribution in [2.75, 3.05) is 46.6 Å². The lowest BCUT2D eigenvalue weighted by molar-refractivity contribution is -0.0907. The van der Waals surface area contributed by atoms with Crippen LogP contribution in [0.15, 0.2) is 58.4 Å². The van der Waals surface area contributed by atoms with Gasteiger partial charge in [0.1, 0.15) is 6.10 Å². The monoisotopic (exact) mass is 686 g/mol. The number of aromatic amines is 1. The predicted octanol–water partition coefficient (Wildman–Crippen LogP) is 3.44. The molecule has 2 aliphatic rings. The van der Waals surface area contributed by atoms with Gasteiger partial charge in [-0.1, -0.05) is 44.2 Å². The molecule has 5 rings (SSSR count). The molecule has 3 aromatic rings. The first-order chi connectivity index (χ1) is 23.0. The Balaban J connectivity index is 1.39. The Kier molecular flexibility index (Phi) is 11.8. The van der Waals surface area contributed by atoms with E-state index in [0.29, 0.717) is 41.9 Å². The minimum absolute atomic E-state index is 0.00524. The molecule has 48 heavy (non-hydrogen) atoms. The number of carbonyl (C=O) groups is 1. The average Bonchev–Trinajstić information content (AvgIpc) is 3.75. The lowest BCUT2D eigenvalue weighted by atomic mass is 10.0. The summed E-state index contributed by atoms with van der Waals surface area (Å²) in [6.07, 6.45) is -1.92. The van der Waals surface area contributed by atoms with Crippen LogP contribution in [0.25, 0.3) is 10.9 Å². The molecule has 5 atom stereocenters. The number of alkyl carbamates (subject to hydrolysis) is 1. The van der Waals surface area contributed by atoms with Crippen molar-refractivity contribution in [2.24, 2.45) is 16.8 Å². The highest BCUT2D eigenvalue weighted by Gasteiger charge is 2.44. The summed E-state index contributed by atoms with van der Waals surface area (Å²) >= 11 is 0. The highest BCUT2D eigenvalue weighted by Crippen LogP contribution is 2.33. The molecule has 0 bridgehead atoms. The lowest BCUT2D eigenvalue weighted by Crippen LogP contribution is -2.51. The van der Waals surface area contributed by atoms with Gasteiger partial charge in [0.25, 0.3) is 0 Å². The number of carbonyl (C=O) groups excluding carboxylic acids is 1. The Morgan fingerprint density at radius 2 is 1.94 bits per heavy atom. The summed E-state index contributed by atoms with van der Waals surface area (Å²) in [7, 11) is -2.58. The number of benzene rings is 2. The maximum absolute atomic E-state index is 14.2. The van der Waals surface area contributed by atoms with Gasteiger partial charge in [0.05, 0.1) is 54.9 Å². The molecule has 0 saturated carbocycles. The number of aliphatic imine (C=N–C) groups is 1. The molecular formula is C34H46N4O9S. The third-order valence-corrected chi connectivity index (χ3v) is 10.5. The van der Waals surface area contributed by atoms with E-state index in [2.05, 4.69) is 15.3 Å². The summed E-state index contributed by atoms with van der Waals surface area (Å²) in [6.45, 7) is 6.88. The van der Waals surface area contributed by atoms with Crippen LogP contribution >= 0.6 is 0 Å². The van der Waals surface area contributed by atoms with Gasteiger partial charge in [-0.05, 0) is 49.4 Å². The molecule has 0 aliphatic carbocycles. The molecule has 0 radical (unpaired) electrons. The SMILES string of the molecule is COCCN=C(C)c1c(O)[nH]c2ccc(S(=O)(=O)N(CC(C)C)CC(O)C(Cc3ccccc3)NC(=O)OC3COC4OCCC34)cc12. The normalized spacial score (nSPS) is 21.1. The summed E-state index contributed by atoms with van der Waals surface area (Å²) in [5.41, 5.74) is 2.33. The number of hydrogen-bond donors (Lipinski definition) is 4. The third kappa shape index (κ3) is 8.36. The topological polar surface area (TPSA) is 172 Å². The van der Waals surface area contributed by atoms with E-state index >= 15 is 0 Å². The van der Waals surface area contributed by atoms with Crippen molar-refractivity contribution in [1.82, 2.24) is 14.6 Å². The van der Waals surface area contributed by atoms with Crippen LogP contribution in [0.1, 0.15) is 38.3 Å². The van der Waals surface area contributed by atoms with Crippen LogP contribution in [0.4, 0.5) is 4.79 Å². The fraction of sp³-hybridized carbons (Fsp3) is 0.529. The van der Waals surface area contributed by atoms with Gasteiger partial charge in [-0.2, -0.15) is 4.31 Å². The van der Waals surface area contributed by atoms with Gasteiger partial charge in [-0.25, -0.2) is 13.2 Å². The van der Waals surface area contributed by atoms with Crippen LogP contribution in [0.3, 0.4) is 0 Å². The number of nitrogens with zero attached hydrogens (tertiary/aromatic N) is 2. The Morgan fingerprint density at radius 3 is 2.67 bits per heavy atom. The smallest absolute Gasteiger partial charge is 0.407 e. The molecule has 2 saturated heterocycles. The molecule has 14 heteroatoms. The van der Waals surface area contributed by atoms with E-state index in [4.69, 9.17) is 18.9 Å². The number of fused-ring (bicyclic) bond motifs is 2. The van der Waals surface area contributed by atoms with Crippen molar-refractivity contribution in [3.8, 4) is 5.88 Å². The van der Waals surface area contributed by atoms with E-state index < -0.39 is 34.4 Å². The minimum atomic E-state index is -4.16. The van der Waals surface area contributed by atoms with Gasteiger partial charge in [-0.3, -0.25) is 4.99 Å². The first kappa shape index (κ1) is 35.8. The first-order valence-electron chi connectivity index (χ1n) is 16.3. The van der Waals surface area contributed by atoms with Crippen LogP contribution < -0.4 is 5.32 Å². The van der Waals surface area contributed by atoms with Gasteiger partial charge < -0.3 is 39.5 Å². The molecule has 0 spiro atoms. The van der Waals surface area contributed by atoms with Gasteiger partial charge in [0, 0.05) is 36.8 Å². The van der Waals surface area contributed by atoms with E-state index in [9.17, 15) is 23.4 Å². The van der Waals surface area contributed by atoms with Crippen LogP contribution in [-0.2, 0) is 35.4 Å². The van der Waals surface area contributed by atoms with Crippen molar-refractivity contribution in [1.29, 1.82) is 0 Å². The van der Waals surface area contributed by atoms with Crippen molar-refractivity contribution in [3.05, 3.63) is 59.7 Å². The van der Waals surface area contributed by atoms with E-state index in [0.717, 1.165) is 12.0 Å². The fourth-order valence-electron chi connectivity index (χ4n) is 6.25. The Morgan fingerprint density at radius 1 is 1.17 bits per heavy atom. The largest absolute Gasteiger partial charge is 0.494 e. The molecule has 2 aliphatic heterocycles. The number of nitrogens with one attached hydrogen (secondary N) is 2. The highest BCUT2D eigenvalue weighted by molar-refractivity contribution is 7.89. The molecule has 5 unspecified atom stereocenters. The van der Waals surface area contributed by atoms with Crippen LogP contribution in [0.2, 0.25) is 0 Å². The number of ether oxygens (including phenoxy) is 4. The zero-order chi connectivity index (χ0) is 34.4. The molecule has 2 fully saturated rings. The molecule has 262 valence electrons.